The lowest BCUT2D eigenvalue weighted by Gasteiger charge is -2.25. The van der Waals surface area contributed by atoms with Crippen LogP contribution in [0.25, 0.3) is 17.4 Å². The number of esters is 1. The molecule has 0 saturated carbocycles. The molecule has 1 aliphatic heterocycles. The highest BCUT2D eigenvalue weighted by Crippen LogP contribution is 2.36. The van der Waals surface area contributed by atoms with Crippen molar-refractivity contribution in [3.63, 3.8) is 0 Å². The van der Waals surface area contributed by atoms with E-state index in [9.17, 15) is 19.7 Å². The van der Waals surface area contributed by atoms with Crippen LogP contribution < -0.4 is 24.4 Å². The van der Waals surface area contributed by atoms with Gasteiger partial charge in [-0.05, 0) is 65.7 Å². The molecule has 2 aromatic heterocycles. The number of rotatable bonds is 8. The SMILES string of the molecule is CCOC(=O)C1=C(C)N=c2s/c(=C\c3ccc(-c4ccc([N+](=O)[O-])cc4OC)o3)c(=O)n2[C@@H]1c1ccc(OC)c(Br)c1. The van der Waals surface area contributed by atoms with Crippen molar-refractivity contribution in [1.82, 2.24) is 4.57 Å². The number of benzene rings is 2. The van der Waals surface area contributed by atoms with E-state index in [2.05, 4.69) is 20.9 Å². The van der Waals surface area contributed by atoms with Gasteiger partial charge in [0.05, 0.1) is 63.7 Å². The molecular weight excluding hydrogens is 630 g/mol. The molecule has 0 amide bonds. The van der Waals surface area contributed by atoms with Crippen molar-refractivity contribution in [1.29, 1.82) is 0 Å². The molecule has 2 aromatic carbocycles. The number of methoxy groups -OCH3 is 2. The molecule has 0 spiro atoms. The Hall–Kier alpha value is -4.49. The van der Waals surface area contributed by atoms with Crippen molar-refractivity contribution >= 4 is 45.0 Å². The predicted octanol–water partition coefficient (Wildman–Crippen LogP) is 4.75. The molecule has 216 valence electrons. The summed E-state index contributed by atoms with van der Waals surface area (Å²) in [4.78, 5) is 42.6. The molecule has 0 saturated heterocycles. The lowest BCUT2D eigenvalue weighted by molar-refractivity contribution is -0.384. The van der Waals surface area contributed by atoms with Gasteiger partial charge in [0.25, 0.3) is 11.2 Å². The highest BCUT2D eigenvalue weighted by atomic mass is 79.9. The minimum Gasteiger partial charge on any atom is -0.496 e. The zero-order valence-electron chi connectivity index (χ0n) is 22.9. The number of carbonyl (C=O) groups is 1. The molecular formula is C29H24BrN3O8S. The second-order valence-corrected chi connectivity index (χ2v) is 10.9. The van der Waals surface area contributed by atoms with Gasteiger partial charge >= 0.3 is 5.97 Å². The zero-order valence-corrected chi connectivity index (χ0v) is 25.3. The topological polar surface area (TPSA) is 135 Å². The number of nitro benzene ring substituents is 1. The van der Waals surface area contributed by atoms with E-state index in [1.54, 1.807) is 63.4 Å². The quantitative estimate of drug-likeness (QED) is 0.151. The molecule has 0 unspecified atom stereocenters. The summed E-state index contributed by atoms with van der Waals surface area (Å²) in [7, 11) is 2.96. The molecule has 4 aromatic rings. The minimum absolute atomic E-state index is 0.112. The monoisotopic (exact) mass is 653 g/mol. The van der Waals surface area contributed by atoms with Gasteiger partial charge in [0.2, 0.25) is 0 Å². The Morgan fingerprint density at radius 2 is 1.93 bits per heavy atom. The standard InChI is InChI=1S/C29H24BrN3O8S/c1-5-40-28(35)25-15(2)31-29-32(26(25)16-6-10-22(38-3)20(30)12-16)27(34)24(42-29)14-18-8-11-21(41-18)19-9-7-17(33(36)37)13-23(19)39-4/h6-14,26H,5H2,1-4H3/b24-14-/t26-/m1/s1. The first kappa shape index (κ1) is 29.0. The van der Waals surface area contributed by atoms with E-state index in [-0.39, 0.29) is 29.2 Å². The van der Waals surface area contributed by atoms with Gasteiger partial charge < -0.3 is 18.6 Å². The van der Waals surface area contributed by atoms with Crippen LogP contribution in [0.4, 0.5) is 5.69 Å². The van der Waals surface area contributed by atoms with Gasteiger partial charge in [0.1, 0.15) is 23.0 Å². The van der Waals surface area contributed by atoms with Gasteiger partial charge in [0.15, 0.2) is 4.80 Å². The normalized spacial score (nSPS) is 14.8. The lowest BCUT2D eigenvalue weighted by atomic mass is 9.96. The average Bonchev–Trinajstić information content (AvgIpc) is 3.55. The van der Waals surface area contributed by atoms with Crippen LogP contribution in [0.5, 0.6) is 11.5 Å². The van der Waals surface area contributed by atoms with E-state index in [1.165, 1.54) is 23.8 Å². The number of thiazole rings is 1. The number of hydrogen-bond donors (Lipinski definition) is 0. The molecule has 5 rings (SSSR count). The van der Waals surface area contributed by atoms with Gasteiger partial charge in [-0.3, -0.25) is 19.5 Å². The van der Waals surface area contributed by atoms with E-state index in [4.69, 9.17) is 18.6 Å². The van der Waals surface area contributed by atoms with E-state index in [1.807, 2.05) is 0 Å². The van der Waals surface area contributed by atoms with Gasteiger partial charge in [-0.15, -0.1) is 0 Å². The smallest absolute Gasteiger partial charge is 0.338 e. The number of halogens is 1. The molecule has 42 heavy (non-hydrogen) atoms. The van der Waals surface area contributed by atoms with Crippen LogP contribution >= 0.6 is 27.3 Å². The van der Waals surface area contributed by atoms with E-state index in [0.29, 0.717) is 47.9 Å². The summed E-state index contributed by atoms with van der Waals surface area (Å²) in [6.45, 7) is 3.59. The van der Waals surface area contributed by atoms with Crippen LogP contribution in [0.1, 0.15) is 31.2 Å². The molecule has 0 N–H and O–H groups in total. The maximum atomic E-state index is 13.9. The third-order valence-corrected chi connectivity index (χ3v) is 8.17. The molecule has 3 heterocycles. The fourth-order valence-electron chi connectivity index (χ4n) is 4.66. The van der Waals surface area contributed by atoms with Crippen LogP contribution in [0, 0.1) is 10.1 Å². The molecule has 0 bridgehead atoms. The highest BCUT2D eigenvalue weighted by molar-refractivity contribution is 9.10. The van der Waals surface area contributed by atoms with Crippen molar-refractivity contribution < 1.29 is 28.3 Å². The first-order valence-corrected chi connectivity index (χ1v) is 14.2. The predicted molar refractivity (Wildman–Crippen MR) is 158 cm³/mol. The number of non-ortho nitro benzene ring substituents is 1. The van der Waals surface area contributed by atoms with Gasteiger partial charge in [-0.25, -0.2) is 9.79 Å². The summed E-state index contributed by atoms with van der Waals surface area (Å²) < 4.78 is 24.5. The highest BCUT2D eigenvalue weighted by Gasteiger charge is 2.33. The summed E-state index contributed by atoms with van der Waals surface area (Å²) in [6, 6.07) is 12.1. The Morgan fingerprint density at radius 3 is 2.60 bits per heavy atom. The van der Waals surface area contributed by atoms with E-state index in [0.717, 1.165) is 11.3 Å². The van der Waals surface area contributed by atoms with Crippen LogP contribution in [-0.2, 0) is 9.53 Å². The lowest BCUT2D eigenvalue weighted by Crippen LogP contribution is -2.39. The molecule has 0 fully saturated rings. The van der Waals surface area contributed by atoms with Crippen LogP contribution in [0.2, 0.25) is 0 Å². The molecule has 1 atom stereocenters. The summed E-state index contributed by atoms with van der Waals surface area (Å²) in [5.74, 6) is 1.10. The van der Waals surface area contributed by atoms with Crippen molar-refractivity contribution in [3.05, 3.63) is 105 Å². The van der Waals surface area contributed by atoms with Crippen LogP contribution in [-0.4, -0.2) is 36.3 Å². The Labute approximate surface area is 251 Å². The Kier molecular flexibility index (Phi) is 8.14. The summed E-state index contributed by atoms with van der Waals surface area (Å²) in [5, 5.41) is 11.2. The number of nitro groups is 1. The molecule has 0 radical (unpaired) electrons. The number of carbonyl (C=O) groups excluding carboxylic acids is 1. The fourth-order valence-corrected chi connectivity index (χ4v) is 6.25. The van der Waals surface area contributed by atoms with Gasteiger partial charge in [0, 0.05) is 12.1 Å². The second-order valence-electron chi connectivity index (χ2n) is 9.04. The number of aromatic nitrogens is 1. The van der Waals surface area contributed by atoms with Crippen LogP contribution in [0.3, 0.4) is 0 Å². The van der Waals surface area contributed by atoms with Crippen molar-refractivity contribution in [2.75, 3.05) is 20.8 Å². The van der Waals surface area contributed by atoms with Crippen molar-refractivity contribution in [3.8, 4) is 22.8 Å². The van der Waals surface area contributed by atoms with Gasteiger partial charge in [-0.1, -0.05) is 17.4 Å². The number of furan rings is 1. The summed E-state index contributed by atoms with van der Waals surface area (Å²) >= 11 is 4.66. The third kappa shape index (κ3) is 5.28. The zero-order chi connectivity index (χ0) is 30.1. The van der Waals surface area contributed by atoms with Crippen molar-refractivity contribution in [2.24, 2.45) is 4.99 Å². The Bertz CT molecular complexity index is 1940. The van der Waals surface area contributed by atoms with Crippen LogP contribution in [0.15, 0.2) is 78.5 Å². The Balaban J connectivity index is 1.62. The molecule has 0 aliphatic carbocycles. The summed E-state index contributed by atoms with van der Waals surface area (Å²) in [6.07, 6.45) is 1.59. The van der Waals surface area contributed by atoms with Crippen molar-refractivity contribution in [2.45, 2.75) is 19.9 Å². The Morgan fingerprint density at radius 1 is 1.17 bits per heavy atom. The number of nitrogens with zero attached hydrogens (tertiary/aromatic N) is 3. The first-order chi connectivity index (χ1) is 20.2. The number of allylic oxidation sites excluding steroid dienone is 1. The van der Waals surface area contributed by atoms with E-state index < -0.39 is 16.9 Å². The second kappa shape index (κ2) is 11.8. The fraction of sp³-hybridized carbons (Fsp3) is 0.207. The maximum absolute atomic E-state index is 13.9. The molecule has 1 aliphatic rings. The molecule has 13 heteroatoms. The largest absolute Gasteiger partial charge is 0.496 e. The minimum atomic E-state index is -0.791. The summed E-state index contributed by atoms with van der Waals surface area (Å²) in [5.41, 5.74) is 1.42. The average molecular weight is 654 g/mol. The van der Waals surface area contributed by atoms with Gasteiger partial charge in [-0.2, -0.15) is 0 Å². The first-order valence-electron chi connectivity index (χ1n) is 12.6. The number of ether oxygens (including phenoxy) is 3. The number of fused-ring (bicyclic) bond motifs is 1. The maximum Gasteiger partial charge on any atom is 0.338 e. The van der Waals surface area contributed by atoms with E-state index >= 15 is 0 Å². The number of hydrogen-bond acceptors (Lipinski definition) is 10. The third-order valence-electron chi connectivity index (χ3n) is 6.57. The molecule has 11 nitrogen and oxygen atoms in total.